The Kier molecular flexibility index (Phi) is 5.77. The minimum absolute atomic E-state index is 0.127. The van der Waals surface area contributed by atoms with E-state index in [-0.39, 0.29) is 19.6 Å². The van der Waals surface area contributed by atoms with Crippen molar-refractivity contribution in [1.29, 1.82) is 0 Å². The summed E-state index contributed by atoms with van der Waals surface area (Å²) in [6.45, 7) is -0.326. The second kappa shape index (κ2) is 6.30. The summed E-state index contributed by atoms with van der Waals surface area (Å²) in [5.41, 5.74) is 0. The van der Waals surface area contributed by atoms with Gasteiger partial charge in [-0.25, -0.2) is 9.59 Å². The quantitative estimate of drug-likeness (QED) is 0.367. The Hall–Kier alpha value is -1.18. The smallest absolute Gasteiger partial charge is 0.336 e. The summed E-state index contributed by atoms with van der Waals surface area (Å²) in [4.78, 5) is 20.7. The number of rotatable bonds is 7. The predicted molar refractivity (Wildman–Crippen MR) is 42.7 cm³/mol. The van der Waals surface area contributed by atoms with Crippen molar-refractivity contribution in [3.05, 3.63) is 0 Å². The molecule has 14 heavy (non-hydrogen) atoms. The molecule has 2 atom stereocenters. The Labute approximate surface area is 79.5 Å². The van der Waals surface area contributed by atoms with Crippen molar-refractivity contribution in [2.75, 3.05) is 13.2 Å². The Morgan fingerprint density at radius 1 is 1.21 bits per heavy atom. The molecule has 0 spiro atoms. The van der Waals surface area contributed by atoms with Crippen LogP contribution in [0.25, 0.3) is 0 Å². The molecule has 7 heteroatoms. The molecule has 0 radical (unpaired) electrons. The molecular weight excluding hydrogens is 196 g/mol. The number of carboxylic acids is 2. The van der Waals surface area contributed by atoms with Crippen LogP contribution in [0.15, 0.2) is 0 Å². The van der Waals surface area contributed by atoms with E-state index in [1.165, 1.54) is 0 Å². The van der Waals surface area contributed by atoms with Crippen molar-refractivity contribution in [3.63, 3.8) is 0 Å². The van der Waals surface area contributed by atoms with Gasteiger partial charge in [0.15, 0.2) is 12.2 Å². The lowest BCUT2D eigenvalue weighted by atomic mass is 10.2. The van der Waals surface area contributed by atoms with Gasteiger partial charge >= 0.3 is 11.9 Å². The van der Waals surface area contributed by atoms with E-state index < -0.39 is 24.1 Å². The van der Waals surface area contributed by atoms with Crippen molar-refractivity contribution < 1.29 is 34.8 Å². The topological polar surface area (TPSA) is 124 Å². The van der Waals surface area contributed by atoms with Crippen molar-refractivity contribution in [2.24, 2.45) is 0 Å². The van der Waals surface area contributed by atoms with Gasteiger partial charge in [0.05, 0.1) is 6.61 Å². The van der Waals surface area contributed by atoms with Gasteiger partial charge in [0, 0.05) is 6.61 Å². The standard InChI is InChI=1S/C7H12O7/c8-2-1-3-14-5(7(12)13)4(9)6(10)11/h4-5,8-9H,1-3H2,(H,10,11)(H,12,13). The number of hydrogen-bond donors (Lipinski definition) is 4. The number of aliphatic carboxylic acids is 2. The second-order valence-corrected chi connectivity index (χ2v) is 2.49. The number of aliphatic hydroxyl groups is 2. The highest BCUT2D eigenvalue weighted by molar-refractivity contribution is 5.83. The van der Waals surface area contributed by atoms with Gasteiger partial charge in [-0.1, -0.05) is 0 Å². The SMILES string of the molecule is O=C(O)C(O)C(OCCCO)C(=O)O. The molecule has 7 nitrogen and oxygen atoms in total. The lowest BCUT2D eigenvalue weighted by molar-refractivity contribution is -0.171. The molecular formula is C7H12O7. The minimum atomic E-state index is -2.11. The van der Waals surface area contributed by atoms with Crippen LogP contribution in [0.5, 0.6) is 0 Å². The van der Waals surface area contributed by atoms with Crippen molar-refractivity contribution >= 4 is 11.9 Å². The first-order valence-corrected chi connectivity index (χ1v) is 3.86. The first-order valence-electron chi connectivity index (χ1n) is 3.86. The molecule has 0 aliphatic rings. The van der Waals surface area contributed by atoms with Gasteiger partial charge in [-0.05, 0) is 6.42 Å². The van der Waals surface area contributed by atoms with Crippen LogP contribution in [-0.4, -0.2) is 57.8 Å². The van der Waals surface area contributed by atoms with E-state index in [0.29, 0.717) is 0 Å². The third-order valence-electron chi connectivity index (χ3n) is 1.38. The van der Waals surface area contributed by atoms with Gasteiger partial charge in [0.2, 0.25) is 0 Å². The van der Waals surface area contributed by atoms with Crippen LogP contribution in [-0.2, 0) is 14.3 Å². The largest absolute Gasteiger partial charge is 0.479 e. The van der Waals surface area contributed by atoms with Crippen LogP contribution in [0.2, 0.25) is 0 Å². The average molecular weight is 208 g/mol. The maximum absolute atomic E-state index is 10.4. The van der Waals surface area contributed by atoms with Gasteiger partial charge in [-0.15, -0.1) is 0 Å². The lowest BCUT2D eigenvalue weighted by Crippen LogP contribution is -2.41. The van der Waals surface area contributed by atoms with E-state index in [4.69, 9.17) is 20.4 Å². The molecule has 2 unspecified atom stereocenters. The lowest BCUT2D eigenvalue weighted by Gasteiger charge is -2.15. The van der Waals surface area contributed by atoms with E-state index in [2.05, 4.69) is 4.74 Å². The Balaban J connectivity index is 4.15. The zero-order chi connectivity index (χ0) is 11.1. The number of carboxylic acid groups (broad SMARTS) is 2. The molecule has 0 aromatic heterocycles. The van der Waals surface area contributed by atoms with Crippen LogP contribution in [0, 0.1) is 0 Å². The zero-order valence-electron chi connectivity index (χ0n) is 7.29. The van der Waals surface area contributed by atoms with E-state index in [0.717, 1.165) is 0 Å². The number of ether oxygens (including phenoxy) is 1. The second-order valence-electron chi connectivity index (χ2n) is 2.49. The molecule has 0 aliphatic carbocycles. The summed E-state index contributed by atoms with van der Waals surface area (Å²) < 4.78 is 4.58. The summed E-state index contributed by atoms with van der Waals surface area (Å²) in [6.07, 6.45) is -3.74. The summed E-state index contributed by atoms with van der Waals surface area (Å²) in [5.74, 6) is -3.22. The molecule has 0 saturated carbocycles. The van der Waals surface area contributed by atoms with Crippen molar-refractivity contribution in [2.45, 2.75) is 18.6 Å². The summed E-state index contributed by atoms with van der Waals surface area (Å²) in [5, 5.41) is 34.0. The van der Waals surface area contributed by atoms with Crippen molar-refractivity contribution in [1.82, 2.24) is 0 Å². The van der Waals surface area contributed by atoms with Gasteiger partial charge < -0.3 is 25.2 Å². The highest BCUT2D eigenvalue weighted by Crippen LogP contribution is 2.01. The Bertz CT molecular complexity index is 202. The number of carbonyl (C=O) groups is 2. The van der Waals surface area contributed by atoms with Crippen LogP contribution in [0.1, 0.15) is 6.42 Å². The first kappa shape index (κ1) is 12.8. The minimum Gasteiger partial charge on any atom is -0.479 e. The molecule has 0 rings (SSSR count). The van der Waals surface area contributed by atoms with Gasteiger partial charge in [-0.2, -0.15) is 0 Å². The molecule has 0 aliphatic heterocycles. The highest BCUT2D eigenvalue weighted by atomic mass is 16.5. The molecule has 4 N–H and O–H groups in total. The van der Waals surface area contributed by atoms with E-state index in [1.807, 2.05) is 0 Å². The van der Waals surface area contributed by atoms with Crippen LogP contribution < -0.4 is 0 Å². The van der Waals surface area contributed by atoms with Crippen molar-refractivity contribution in [3.8, 4) is 0 Å². The molecule has 0 saturated heterocycles. The summed E-state index contributed by atoms with van der Waals surface area (Å²) in [7, 11) is 0. The van der Waals surface area contributed by atoms with E-state index in [9.17, 15) is 9.59 Å². The summed E-state index contributed by atoms with van der Waals surface area (Å²) in [6, 6.07) is 0. The molecule has 0 bridgehead atoms. The van der Waals surface area contributed by atoms with Gasteiger partial charge in [0.1, 0.15) is 0 Å². The highest BCUT2D eigenvalue weighted by Gasteiger charge is 2.32. The maximum atomic E-state index is 10.4. The van der Waals surface area contributed by atoms with E-state index >= 15 is 0 Å². The summed E-state index contributed by atoms with van der Waals surface area (Å²) >= 11 is 0. The monoisotopic (exact) mass is 208 g/mol. The molecule has 0 heterocycles. The predicted octanol–water partition coefficient (Wildman–Crippen LogP) is -1.72. The van der Waals surface area contributed by atoms with Crippen LogP contribution >= 0.6 is 0 Å². The fourth-order valence-corrected chi connectivity index (χ4v) is 0.702. The fraction of sp³-hybridized carbons (Fsp3) is 0.714. The maximum Gasteiger partial charge on any atom is 0.336 e. The average Bonchev–Trinajstić information content (AvgIpc) is 2.10. The number of hydrogen-bond acceptors (Lipinski definition) is 5. The molecule has 0 fully saturated rings. The third-order valence-corrected chi connectivity index (χ3v) is 1.38. The molecule has 82 valence electrons. The molecule has 0 aromatic carbocycles. The zero-order valence-corrected chi connectivity index (χ0v) is 7.29. The Morgan fingerprint density at radius 2 is 1.79 bits per heavy atom. The first-order chi connectivity index (χ1) is 6.50. The molecule has 0 aromatic rings. The van der Waals surface area contributed by atoms with Crippen LogP contribution in [0.3, 0.4) is 0 Å². The normalized spacial score (nSPS) is 14.7. The van der Waals surface area contributed by atoms with Gasteiger partial charge in [0.25, 0.3) is 0 Å². The fourth-order valence-electron chi connectivity index (χ4n) is 0.702. The number of aliphatic hydroxyl groups excluding tert-OH is 2. The van der Waals surface area contributed by atoms with Gasteiger partial charge in [-0.3, -0.25) is 0 Å². The Morgan fingerprint density at radius 3 is 2.14 bits per heavy atom. The van der Waals surface area contributed by atoms with E-state index in [1.54, 1.807) is 0 Å². The molecule has 0 amide bonds. The third kappa shape index (κ3) is 4.17. The van der Waals surface area contributed by atoms with Crippen LogP contribution in [0.4, 0.5) is 0 Å².